The van der Waals surface area contributed by atoms with E-state index in [2.05, 4.69) is 15.4 Å². The Morgan fingerprint density at radius 2 is 2.30 bits per heavy atom. The van der Waals surface area contributed by atoms with E-state index in [0.717, 1.165) is 22.5 Å². The zero-order valence-electron chi connectivity index (χ0n) is 4.96. The van der Waals surface area contributed by atoms with Gasteiger partial charge < -0.3 is 4.74 Å². The van der Waals surface area contributed by atoms with Crippen molar-refractivity contribution in [3.8, 4) is 11.5 Å². The minimum Gasteiger partial charge on any atom is -0.447 e. The van der Waals surface area contributed by atoms with Crippen molar-refractivity contribution in [1.29, 1.82) is 0 Å². The monoisotopic (exact) mass is 133 g/mol. The Kier molecular flexibility index (Phi) is 0.484. The van der Waals surface area contributed by atoms with Crippen LogP contribution in [-0.2, 0) is 0 Å². The summed E-state index contributed by atoms with van der Waals surface area (Å²) in [5.74, 6) is 1.78. The van der Waals surface area contributed by atoms with Crippen LogP contribution in [0.1, 0.15) is 0 Å². The van der Waals surface area contributed by atoms with Crippen LogP contribution in [0.25, 0.3) is 11.0 Å². The number of aromatic amines is 1. The molecule has 48 valence electrons. The Morgan fingerprint density at radius 3 is 3.30 bits per heavy atom. The number of hydrogen-bond acceptors (Lipinski definition) is 3. The Balaban J connectivity index is 2.64. The van der Waals surface area contributed by atoms with Crippen molar-refractivity contribution < 1.29 is 4.74 Å². The highest BCUT2D eigenvalue weighted by atomic mass is 16.6. The van der Waals surface area contributed by atoms with E-state index in [1.165, 1.54) is 0 Å². The molecular weight excluding hydrogens is 130 g/mol. The fourth-order valence-electron chi connectivity index (χ4n) is 1.04. The molecule has 1 aromatic carbocycles. The van der Waals surface area contributed by atoms with Crippen molar-refractivity contribution in [2.75, 3.05) is 0 Å². The molecule has 0 amide bonds. The van der Waals surface area contributed by atoms with Crippen molar-refractivity contribution in [2.24, 2.45) is 0 Å². The summed E-state index contributed by atoms with van der Waals surface area (Å²) in [6.45, 7) is 0. The smallest absolute Gasteiger partial charge is 0.199 e. The molecule has 1 aliphatic heterocycles. The molecular formula is C6H3N3O. The molecule has 2 aromatic rings. The van der Waals surface area contributed by atoms with Gasteiger partial charge in [0.1, 0.15) is 5.52 Å². The number of hydrogen-bond donors (Lipinski definition) is 1. The van der Waals surface area contributed by atoms with Gasteiger partial charge in [-0.2, -0.15) is 15.4 Å². The van der Waals surface area contributed by atoms with Gasteiger partial charge in [-0.15, -0.1) is 0 Å². The Morgan fingerprint density at radius 1 is 1.30 bits per heavy atom. The van der Waals surface area contributed by atoms with Crippen LogP contribution in [0.5, 0.6) is 11.5 Å². The van der Waals surface area contributed by atoms with Crippen LogP contribution in [0, 0.1) is 0 Å². The van der Waals surface area contributed by atoms with Gasteiger partial charge in [0.2, 0.25) is 0 Å². The van der Waals surface area contributed by atoms with Crippen molar-refractivity contribution in [3.05, 3.63) is 12.1 Å². The minimum atomic E-state index is 0.831. The second-order valence-corrected chi connectivity index (χ2v) is 2.19. The average molecular weight is 133 g/mol. The van der Waals surface area contributed by atoms with E-state index in [0.29, 0.717) is 0 Å². The normalized spacial score (nSPS) is 12.8. The lowest BCUT2D eigenvalue weighted by molar-refractivity contribution is 0.652. The maximum atomic E-state index is 5.09. The molecule has 4 nitrogen and oxygen atoms in total. The van der Waals surface area contributed by atoms with Crippen molar-refractivity contribution in [1.82, 2.24) is 15.4 Å². The zero-order valence-corrected chi connectivity index (χ0v) is 4.96. The minimum absolute atomic E-state index is 0.831. The van der Waals surface area contributed by atoms with Crippen LogP contribution >= 0.6 is 0 Å². The molecule has 0 fully saturated rings. The van der Waals surface area contributed by atoms with Crippen molar-refractivity contribution in [2.45, 2.75) is 0 Å². The molecule has 10 heavy (non-hydrogen) atoms. The molecule has 3 rings (SSSR count). The number of nitrogens with one attached hydrogen (secondary N) is 1. The number of fused-ring (bicyclic) bond motifs is 3. The van der Waals surface area contributed by atoms with Crippen LogP contribution in [-0.4, -0.2) is 15.4 Å². The molecule has 0 saturated heterocycles. The molecule has 0 atom stereocenters. The molecule has 4 heteroatoms. The van der Waals surface area contributed by atoms with E-state index < -0.39 is 0 Å². The van der Waals surface area contributed by atoms with Gasteiger partial charge in [0.25, 0.3) is 0 Å². The van der Waals surface area contributed by atoms with Gasteiger partial charge in [-0.05, 0) is 12.1 Å². The second kappa shape index (κ2) is 1.13. The van der Waals surface area contributed by atoms with E-state index in [4.69, 9.17) is 4.74 Å². The van der Waals surface area contributed by atoms with Crippen LogP contribution in [0.2, 0.25) is 0 Å². The fourth-order valence-corrected chi connectivity index (χ4v) is 1.04. The lowest BCUT2D eigenvalue weighted by Crippen LogP contribution is -1.64. The number of aromatic nitrogens is 3. The lowest BCUT2D eigenvalue weighted by atomic mass is 10.3. The van der Waals surface area contributed by atoms with Gasteiger partial charge in [-0.25, -0.2) is 0 Å². The van der Waals surface area contributed by atoms with E-state index in [1.807, 2.05) is 12.1 Å². The zero-order chi connectivity index (χ0) is 6.55. The lowest BCUT2D eigenvalue weighted by Gasteiger charge is -1.72. The third-order valence-corrected chi connectivity index (χ3v) is 1.58. The first-order valence-corrected chi connectivity index (χ1v) is 2.96. The van der Waals surface area contributed by atoms with Gasteiger partial charge in [0.05, 0.1) is 0 Å². The fraction of sp³-hybridized carbons (Fsp3) is 0. The second-order valence-electron chi connectivity index (χ2n) is 2.19. The number of nitrogens with zero attached hydrogens (tertiary/aromatic N) is 2. The summed E-state index contributed by atoms with van der Waals surface area (Å²) < 4.78 is 5.09. The molecule has 0 spiro atoms. The standard InChI is InChI=1S/C6H3N3O/c1-2-4-6(10-4)5-3(1)7-9-8-5/h1-2H,(H,7,8,9). The maximum Gasteiger partial charge on any atom is 0.199 e. The van der Waals surface area contributed by atoms with Crippen LogP contribution < -0.4 is 4.74 Å². The summed E-state index contributed by atoms with van der Waals surface area (Å²) in [6, 6.07) is 3.77. The maximum absolute atomic E-state index is 5.09. The van der Waals surface area contributed by atoms with Gasteiger partial charge in [0, 0.05) is 0 Å². The summed E-state index contributed by atoms with van der Waals surface area (Å²) in [4.78, 5) is 0. The largest absolute Gasteiger partial charge is 0.447 e. The molecule has 0 radical (unpaired) electrons. The number of benzene rings is 1. The van der Waals surface area contributed by atoms with Crippen LogP contribution in [0.15, 0.2) is 12.1 Å². The van der Waals surface area contributed by atoms with E-state index in [1.54, 1.807) is 0 Å². The molecule has 1 aromatic heterocycles. The Hall–Kier alpha value is -1.58. The summed E-state index contributed by atoms with van der Waals surface area (Å²) in [5, 5.41) is 10.3. The first kappa shape index (κ1) is 4.27. The van der Waals surface area contributed by atoms with E-state index in [9.17, 15) is 0 Å². The topological polar surface area (TPSA) is 54.1 Å². The first-order valence-electron chi connectivity index (χ1n) is 2.96. The highest BCUT2D eigenvalue weighted by Gasteiger charge is 2.24. The van der Waals surface area contributed by atoms with Gasteiger partial charge in [-0.3, -0.25) is 0 Å². The van der Waals surface area contributed by atoms with Gasteiger partial charge in [-0.1, -0.05) is 0 Å². The highest BCUT2D eigenvalue weighted by Crippen LogP contribution is 2.48. The molecule has 0 bridgehead atoms. The predicted octanol–water partition coefficient (Wildman–Crippen LogP) is 1.06. The van der Waals surface area contributed by atoms with Crippen molar-refractivity contribution in [3.63, 3.8) is 0 Å². The van der Waals surface area contributed by atoms with Crippen LogP contribution in [0.3, 0.4) is 0 Å². The number of H-pyrrole nitrogens is 1. The molecule has 0 aliphatic carbocycles. The quantitative estimate of drug-likeness (QED) is 0.466. The summed E-state index contributed by atoms with van der Waals surface area (Å²) in [6.07, 6.45) is 0. The Bertz CT molecular complexity index is 406. The SMILES string of the molecule is c1cc2n[nH]nc2c2c1O2. The van der Waals surface area contributed by atoms with Gasteiger partial charge in [0.15, 0.2) is 17.0 Å². The third-order valence-electron chi connectivity index (χ3n) is 1.58. The van der Waals surface area contributed by atoms with Crippen molar-refractivity contribution >= 4 is 11.0 Å². The van der Waals surface area contributed by atoms with E-state index in [-0.39, 0.29) is 0 Å². The number of rotatable bonds is 0. The first-order chi connectivity index (χ1) is 4.95. The molecule has 0 saturated carbocycles. The molecule has 0 unspecified atom stereocenters. The van der Waals surface area contributed by atoms with Gasteiger partial charge >= 0.3 is 0 Å². The molecule has 1 aliphatic rings. The Labute approximate surface area is 55.8 Å². The predicted molar refractivity (Wildman–Crippen MR) is 34.0 cm³/mol. The highest BCUT2D eigenvalue weighted by molar-refractivity contribution is 5.88. The average Bonchev–Trinajstić information content (AvgIpc) is 2.60. The van der Waals surface area contributed by atoms with Crippen LogP contribution in [0.4, 0.5) is 0 Å². The molecule has 1 N–H and O–H groups in total. The summed E-state index contributed by atoms with van der Waals surface area (Å²) >= 11 is 0. The summed E-state index contributed by atoms with van der Waals surface area (Å²) in [5.41, 5.74) is 1.69. The summed E-state index contributed by atoms with van der Waals surface area (Å²) in [7, 11) is 0. The van der Waals surface area contributed by atoms with E-state index >= 15 is 0 Å². The molecule has 2 heterocycles. The third kappa shape index (κ3) is 0.344. The number of ether oxygens (including phenoxy) is 1.